The molecule has 0 bridgehead atoms. The van der Waals surface area contributed by atoms with E-state index >= 15 is 0 Å². The van der Waals surface area contributed by atoms with Gasteiger partial charge in [-0.3, -0.25) is 14.6 Å². The fraction of sp³-hybridized carbons (Fsp3) is 0.429. The van der Waals surface area contributed by atoms with Crippen molar-refractivity contribution >= 4 is 17.6 Å². The first-order valence-electron chi connectivity index (χ1n) is 9.44. The number of nitrogens with zero attached hydrogens (tertiary/aromatic N) is 2. The van der Waals surface area contributed by atoms with E-state index in [1.54, 1.807) is 12.1 Å². The van der Waals surface area contributed by atoms with Crippen molar-refractivity contribution in [1.82, 2.24) is 9.80 Å². The van der Waals surface area contributed by atoms with Gasteiger partial charge in [0.2, 0.25) is 11.7 Å². The summed E-state index contributed by atoms with van der Waals surface area (Å²) in [5, 5.41) is 3.04. The molecule has 0 atom stereocenters. The molecule has 2 heterocycles. The number of hydrogen-bond acceptors (Lipinski definition) is 6. The average Bonchev–Trinajstić information content (AvgIpc) is 3.14. The van der Waals surface area contributed by atoms with Gasteiger partial charge < -0.3 is 14.5 Å². The Hall–Kier alpha value is -2.64. The van der Waals surface area contributed by atoms with E-state index in [4.69, 9.17) is 4.42 Å². The lowest BCUT2D eigenvalue weighted by molar-refractivity contribution is -0.117. The number of ether oxygens (including phenoxy) is 1. The summed E-state index contributed by atoms with van der Waals surface area (Å²) in [6, 6.07) is 9.43. The van der Waals surface area contributed by atoms with E-state index in [2.05, 4.69) is 19.9 Å². The van der Waals surface area contributed by atoms with Crippen molar-refractivity contribution in [3.05, 3.63) is 53.0 Å². The van der Waals surface area contributed by atoms with E-state index in [-0.39, 0.29) is 11.7 Å². The molecular formula is C21H27N3O4. The molecule has 1 amide bonds. The highest BCUT2D eigenvalue weighted by Gasteiger charge is 2.21. The maximum atomic E-state index is 12.4. The number of anilines is 1. The minimum atomic E-state index is -0.467. The first-order chi connectivity index (χ1) is 13.5. The zero-order valence-electron chi connectivity index (χ0n) is 16.7. The van der Waals surface area contributed by atoms with Gasteiger partial charge in [0.05, 0.1) is 20.2 Å². The fourth-order valence-corrected chi connectivity index (χ4v) is 3.39. The number of para-hydroxylation sites is 1. The number of hydrogen-bond donors (Lipinski definition) is 1. The van der Waals surface area contributed by atoms with Crippen molar-refractivity contribution in [3.63, 3.8) is 0 Å². The van der Waals surface area contributed by atoms with Crippen molar-refractivity contribution in [2.45, 2.75) is 20.4 Å². The summed E-state index contributed by atoms with van der Waals surface area (Å²) < 4.78 is 10.2. The molecule has 1 aromatic carbocycles. The van der Waals surface area contributed by atoms with Crippen LogP contribution in [-0.4, -0.2) is 61.5 Å². The summed E-state index contributed by atoms with van der Waals surface area (Å²) in [6.07, 6.45) is 0. The number of carbonyl (C=O) groups excluding carboxylic acids is 2. The van der Waals surface area contributed by atoms with E-state index in [0.717, 1.165) is 48.8 Å². The van der Waals surface area contributed by atoms with Gasteiger partial charge in [0.15, 0.2) is 0 Å². The SMILES string of the molecule is COC(=O)c1ccc(CN2CCN(CC(=O)Nc3c(C)cccc3C)CC2)o1. The Labute approximate surface area is 165 Å². The molecule has 3 rings (SSSR count). The van der Waals surface area contributed by atoms with Crippen LogP contribution in [0.25, 0.3) is 0 Å². The summed E-state index contributed by atoms with van der Waals surface area (Å²) in [5.74, 6) is 0.506. The van der Waals surface area contributed by atoms with Gasteiger partial charge in [-0.15, -0.1) is 0 Å². The molecule has 0 radical (unpaired) electrons. The van der Waals surface area contributed by atoms with Gasteiger partial charge in [-0.2, -0.15) is 0 Å². The van der Waals surface area contributed by atoms with E-state index in [1.807, 2.05) is 32.0 Å². The Morgan fingerprint density at radius 2 is 1.68 bits per heavy atom. The number of piperazine rings is 1. The number of amides is 1. The molecule has 1 saturated heterocycles. The number of methoxy groups -OCH3 is 1. The highest BCUT2D eigenvalue weighted by Crippen LogP contribution is 2.19. The van der Waals surface area contributed by atoms with Gasteiger partial charge in [-0.25, -0.2) is 4.79 Å². The molecule has 1 aliphatic heterocycles. The largest absolute Gasteiger partial charge is 0.463 e. The summed E-state index contributed by atoms with van der Waals surface area (Å²) in [5.41, 5.74) is 3.05. The third-order valence-corrected chi connectivity index (χ3v) is 5.01. The predicted octanol–water partition coefficient (Wildman–Crippen LogP) is 2.44. The summed E-state index contributed by atoms with van der Waals surface area (Å²) >= 11 is 0. The number of benzene rings is 1. The standard InChI is InChI=1S/C21H27N3O4/c1-15-5-4-6-16(2)20(15)22-19(25)14-24-11-9-23(10-12-24)13-17-7-8-18(28-17)21(26)27-3/h4-8H,9-14H2,1-3H3,(H,22,25). The third kappa shape index (κ3) is 4.99. The minimum absolute atomic E-state index is 0.0135. The molecule has 1 fully saturated rings. The molecule has 150 valence electrons. The van der Waals surface area contributed by atoms with Crippen LogP contribution in [0.4, 0.5) is 5.69 Å². The van der Waals surface area contributed by atoms with Crippen LogP contribution < -0.4 is 5.32 Å². The van der Waals surface area contributed by atoms with Crippen LogP contribution in [0.1, 0.15) is 27.4 Å². The topological polar surface area (TPSA) is 75.0 Å². The van der Waals surface area contributed by atoms with Crippen molar-refractivity contribution < 1.29 is 18.7 Å². The number of rotatable bonds is 6. The van der Waals surface area contributed by atoms with E-state index in [9.17, 15) is 9.59 Å². The van der Waals surface area contributed by atoms with Crippen molar-refractivity contribution in [2.24, 2.45) is 0 Å². The lowest BCUT2D eigenvalue weighted by atomic mass is 10.1. The first kappa shape index (κ1) is 20.1. The van der Waals surface area contributed by atoms with Crippen LogP contribution in [0.2, 0.25) is 0 Å². The minimum Gasteiger partial charge on any atom is -0.463 e. The average molecular weight is 385 g/mol. The summed E-state index contributed by atoms with van der Waals surface area (Å²) in [6.45, 7) is 8.32. The number of aryl methyl sites for hydroxylation is 2. The van der Waals surface area contributed by atoms with Crippen LogP contribution in [0, 0.1) is 13.8 Å². The maximum Gasteiger partial charge on any atom is 0.373 e. The van der Waals surface area contributed by atoms with Gasteiger partial charge >= 0.3 is 5.97 Å². The number of nitrogens with one attached hydrogen (secondary N) is 1. The van der Waals surface area contributed by atoms with Crippen molar-refractivity contribution in [1.29, 1.82) is 0 Å². The number of esters is 1. The molecule has 0 spiro atoms. The molecule has 7 nitrogen and oxygen atoms in total. The third-order valence-electron chi connectivity index (χ3n) is 5.01. The van der Waals surface area contributed by atoms with E-state index in [1.165, 1.54) is 7.11 Å². The van der Waals surface area contributed by atoms with Crippen LogP contribution in [-0.2, 0) is 16.1 Å². The molecule has 1 aromatic heterocycles. The Balaban J connectivity index is 1.45. The number of furan rings is 1. The predicted molar refractivity (Wildman–Crippen MR) is 106 cm³/mol. The van der Waals surface area contributed by atoms with E-state index < -0.39 is 5.97 Å². The number of carbonyl (C=O) groups is 2. The quantitative estimate of drug-likeness (QED) is 0.770. The van der Waals surface area contributed by atoms with Crippen LogP contribution in [0.5, 0.6) is 0 Å². The Kier molecular flexibility index (Phi) is 6.49. The van der Waals surface area contributed by atoms with Crippen molar-refractivity contribution in [3.8, 4) is 0 Å². The zero-order valence-corrected chi connectivity index (χ0v) is 16.7. The molecular weight excluding hydrogens is 358 g/mol. The second-order valence-corrected chi connectivity index (χ2v) is 7.12. The molecule has 28 heavy (non-hydrogen) atoms. The molecule has 0 unspecified atom stereocenters. The molecule has 2 aromatic rings. The molecule has 1 aliphatic rings. The molecule has 0 aliphatic carbocycles. The van der Waals surface area contributed by atoms with Crippen LogP contribution in [0.3, 0.4) is 0 Å². The molecule has 1 N–H and O–H groups in total. The Morgan fingerprint density at radius 3 is 2.32 bits per heavy atom. The molecule has 7 heteroatoms. The second kappa shape index (κ2) is 9.03. The Morgan fingerprint density at radius 1 is 1.04 bits per heavy atom. The summed E-state index contributed by atoms with van der Waals surface area (Å²) in [7, 11) is 1.33. The van der Waals surface area contributed by atoms with Crippen LogP contribution in [0.15, 0.2) is 34.7 Å². The highest BCUT2D eigenvalue weighted by molar-refractivity contribution is 5.93. The van der Waals surface area contributed by atoms with Gasteiger partial charge in [-0.05, 0) is 37.1 Å². The fourth-order valence-electron chi connectivity index (χ4n) is 3.39. The van der Waals surface area contributed by atoms with Gasteiger partial charge in [0.25, 0.3) is 0 Å². The smallest absolute Gasteiger partial charge is 0.373 e. The maximum absolute atomic E-state index is 12.4. The van der Waals surface area contributed by atoms with Crippen molar-refractivity contribution in [2.75, 3.05) is 45.2 Å². The van der Waals surface area contributed by atoms with Gasteiger partial charge in [0.1, 0.15) is 5.76 Å². The zero-order chi connectivity index (χ0) is 20.1. The van der Waals surface area contributed by atoms with Gasteiger partial charge in [-0.1, -0.05) is 18.2 Å². The normalized spacial score (nSPS) is 15.4. The summed E-state index contributed by atoms with van der Waals surface area (Å²) in [4.78, 5) is 28.3. The van der Waals surface area contributed by atoms with Gasteiger partial charge in [0, 0.05) is 31.9 Å². The Bertz CT molecular complexity index is 818. The lowest BCUT2D eigenvalue weighted by Crippen LogP contribution is -2.48. The highest BCUT2D eigenvalue weighted by atomic mass is 16.5. The second-order valence-electron chi connectivity index (χ2n) is 7.12. The monoisotopic (exact) mass is 385 g/mol. The van der Waals surface area contributed by atoms with Crippen LogP contribution >= 0.6 is 0 Å². The lowest BCUT2D eigenvalue weighted by Gasteiger charge is -2.33. The first-order valence-corrected chi connectivity index (χ1v) is 9.44. The molecule has 0 saturated carbocycles. The van der Waals surface area contributed by atoms with E-state index in [0.29, 0.717) is 13.1 Å².